The molecule has 23 heavy (non-hydrogen) atoms. The summed E-state index contributed by atoms with van der Waals surface area (Å²) in [6, 6.07) is 9.51. The molecule has 0 radical (unpaired) electrons. The number of benzene rings is 1. The second-order valence-electron chi connectivity index (χ2n) is 5.51. The fraction of sp³-hybridized carbons (Fsp3) is 0.235. The van der Waals surface area contributed by atoms with Crippen molar-refractivity contribution in [2.75, 3.05) is 5.32 Å². The number of nitrogens with one attached hydrogen (secondary N) is 1. The second-order valence-corrected chi connectivity index (χ2v) is 6.37. The van der Waals surface area contributed by atoms with Gasteiger partial charge in [0.15, 0.2) is 5.13 Å². The highest BCUT2D eigenvalue weighted by Crippen LogP contribution is 2.27. The molecule has 0 aliphatic rings. The molecule has 6 heteroatoms. The Labute approximate surface area is 138 Å². The molecule has 3 rings (SSSR count). The Bertz CT molecular complexity index is 821. The van der Waals surface area contributed by atoms with Gasteiger partial charge in [0.1, 0.15) is 17.0 Å². The Balaban J connectivity index is 1.89. The number of carbonyl (C=O) groups excluding carboxylic acids is 1. The second kappa shape index (κ2) is 6.34. The van der Waals surface area contributed by atoms with Crippen LogP contribution in [0.15, 0.2) is 40.2 Å². The smallest absolute Gasteiger partial charge is 0.263 e. The van der Waals surface area contributed by atoms with Crippen molar-refractivity contribution in [2.45, 2.75) is 26.7 Å². The summed E-state index contributed by atoms with van der Waals surface area (Å²) < 4.78 is 5.22. The van der Waals surface area contributed by atoms with Gasteiger partial charge in [0.25, 0.3) is 5.91 Å². The van der Waals surface area contributed by atoms with Crippen LogP contribution in [0.1, 0.15) is 41.6 Å². The summed E-state index contributed by atoms with van der Waals surface area (Å²) in [5.41, 5.74) is 2.80. The lowest BCUT2D eigenvalue weighted by molar-refractivity contribution is 0.102. The molecule has 1 aromatic carbocycles. The molecular weight excluding hydrogens is 310 g/mol. The molecule has 5 nitrogen and oxygen atoms in total. The maximum atomic E-state index is 12.6. The highest BCUT2D eigenvalue weighted by atomic mass is 32.1. The van der Waals surface area contributed by atoms with Crippen molar-refractivity contribution in [2.24, 2.45) is 0 Å². The molecule has 1 N–H and O–H groups in total. The average molecular weight is 327 g/mol. The van der Waals surface area contributed by atoms with Crippen LogP contribution < -0.4 is 5.32 Å². The third-order valence-corrected chi connectivity index (χ3v) is 4.25. The molecule has 0 saturated carbocycles. The molecule has 0 aliphatic carbocycles. The molecule has 3 aromatic rings. The fourth-order valence-electron chi connectivity index (χ4n) is 2.20. The fourth-order valence-corrected chi connectivity index (χ4v) is 3.07. The summed E-state index contributed by atoms with van der Waals surface area (Å²) in [6.07, 6.45) is 0. The van der Waals surface area contributed by atoms with Gasteiger partial charge in [0.2, 0.25) is 0 Å². The molecule has 118 valence electrons. The molecule has 0 bridgehead atoms. The normalized spacial score (nSPS) is 11.0. The van der Waals surface area contributed by atoms with E-state index in [0.29, 0.717) is 28.1 Å². The first-order valence-electron chi connectivity index (χ1n) is 7.34. The Morgan fingerprint density at radius 2 is 2.00 bits per heavy atom. The highest BCUT2D eigenvalue weighted by molar-refractivity contribution is 7.14. The molecule has 0 saturated heterocycles. The van der Waals surface area contributed by atoms with Gasteiger partial charge in [-0.25, -0.2) is 4.98 Å². The number of carbonyl (C=O) groups is 1. The number of hydrogen-bond donors (Lipinski definition) is 1. The van der Waals surface area contributed by atoms with Gasteiger partial charge in [-0.1, -0.05) is 49.3 Å². The Kier molecular flexibility index (Phi) is 4.25. The molecule has 0 aliphatic heterocycles. The minimum Gasteiger partial charge on any atom is -0.360 e. The van der Waals surface area contributed by atoms with Crippen LogP contribution in [0.4, 0.5) is 5.13 Å². The number of thiazole rings is 1. The van der Waals surface area contributed by atoms with Gasteiger partial charge in [-0.05, 0) is 12.8 Å². The maximum absolute atomic E-state index is 12.6. The average Bonchev–Trinajstić information content (AvgIpc) is 3.15. The maximum Gasteiger partial charge on any atom is 0.263 e. The predicted molar refractivity (Wildman–Crippen MR) is 90.8 cm³/mol. The van der Waals surface area contributed by atoms with Gasteiger partial charge in [-0.3, -0.25) is 10.1 Å². The van der Waals surface area contributed by atoms with Crippen LogP contribution in [-0.2, 0) is 0 Å². The topological polar surface area (TPSA) is 68.0 Å². The van der Waals surface area contributed by atoms with Gasteiger partial charge in [0.05, 0.1) is 5.69 Å². The van der Waals surface area contributed by atoms with Crippen molar-refractivity contribution in [1.29, 1.82) is 0 Å². The van der Waals surface area contributed by atoms with E-state index in [9.17, 15) is 4.79 Å². The molecule has 2 heterocycles. The number of rotatable bonds is 4. The minimum atomic E-state index is -0.257. The lowest BCUT2D eigenvalue weighted by Gasteiger charge is -2.03. The van der Waals surface area contributed by atoms with E-state index in [4.69, 9.17) is 4.52 Å². The van der Waals surface area contributed by atoms with Gasteiger partial charge >= 0.3 is 0 Å². The predicted octanol–water partition coefficient (Wildman–Crippen LogP) is 4.48. The number of anilines is 1. The SMILES string of the molecule is Cc1onc(-c2ccccc2)c1C(=O)Nc1nc(C(C)C)cs1. The van der Waals surface area contributed by atoms with Crippen molar-refractivity contribution < 1.29 is 9.32 Å². The third-order valence-electron chi connectivity index (χ3n) is 3.47. The minimum absolute atomic E-state index is 0.257. The number of hydrogen-bond acceptors (Lipinski definition) is 5. The molecular formula is C17H17N3O2S. The summed E-state index contributed by atoms with van der Waals surface area (Å²) in [6.45, 7) is 5.87. The quantitative estimate of drug-likeness (QED) is 0.767. The van der Waals surface area contributed by atoms with Crippen molar-refractivity contribution in [3.63, 3.8) is 0 Å². The van der Waals surface area contributed by atoms with E-state index >= 15 is 0 Å². The summed E-state index contributed by atoms with van der Waals surface area (Å²) in [4.78, 5) is 17.1. The Morgan fingerprint density at radius 3 is 2.65 bits per heavy atom. The van der Waals surface area contributed by atoms with Crippen LogP contribution in [-0.4, -0.2) is 16.0 Å². The lowest BCUT2D eigenvalue weighted by Crippen LogP contribution is -2.13. The van der Waals surface area contributed by atoms with Crippen LogP contribution in [0.2, 0.25) is 0 Å². The summed E-state index contributed by atoms with van der Waals surface area (Å²) >= 11 is 1.42. The first-order valence-corrected chi connectivity index (χ1v) is 8.22. The van der Waals surface area contributed by atoms with Crippen LogP contribution in [0.5, 0.6) is 0 Å². The van der Waals surface area contributed by atoms with Crippen molar-refractivity contribution >= 4 is 22.4 Å². The monoisotopic (exact) mass is 327 g/mol. The van der Waals surface area contributed by atoms with Crippen LogP contribution in [0.3, 0.4) is 0 Å². The Morgan fingerprint density at radius 1 is 1.26 bits per heavy atom. The first kappa shape index (κ1) is 15.4. The lowest BCUT2D eigenvalue weighted by atomic mass is 10.1. The standard InChI is InChI=1S/C17H17N3O2S/c1-10(2)13-9-23-17(18-13)19-16(21)14-11(3)22-20-15(14)12-7-5-4-6-8-12/h4-10H,1-3H3,(H,18,19,21). The van der Waals surface area contributed by atoms with Gasteiger partial charge in [-0.2, -0.15) is 0 Å². The van der Waals surface area contributed by atoms with Gasteiger partial charge in [-0.15, -0.1) is 11.3 Å². The zero-order valence-electron chi connectivity index (χ0n) is 13.2. The van der Waals surface area contributed by atoms with Gasteiger partial charge in [0, 0.05) is 10.9 Å². The van der Waals surface area contributed by atoms with Crippen LogP contribution >= 0.6 is 11.3 Å². The zero-order valence-corrected chi connectivity index (χ0v) is 14.0. The molecule has 0 unspecified atom stereocenters. The number of amides is 1. The zero-order chi connectivity index (χ0) is 16.4. The highest BCUT2D eigenvalue weighted by Gasteiger charge is 2.22. The van der Waals surface area contributed by atoms with Crippen LogP contribution in [0.25, 0.3) is 11.3 Å². The van der Waals surface area contributed by atoms with E-state index in [1.54, 1.807) is 6.92 Å². The number of aromatic nitrogens is 2. The largest absolute Gasteiger partial charge is 0.360 e. The van der Waals surface area contributed by atoms with E-state index in [0.717, 1.165) is 11.3 Å². The Hall–Kier alpha value is -2.47. The number of nitrogens with zero attached hydrogens (tertiary/aromatic N) is 2. The third kappa shape index (κ3) is 3.17. The summed E-state index contributed by atoms with van der Waals surface area (Å²) in [7, 11) is 0. The first-order chi connectivity index (χ1) is 11.1. The van der Waals surface area contributed by atoms with E-state index < -0.39 is 0 Å². The van der Waals surface area contributed by atoms with E-state index in [1.807, 2.05) is 35.7 Å². The molecule has 2 aromatic heterocycles. The summed E-state index contributed by atoms with van der Waals surface area (Å²) in [5.74, 6) is 0.559. The molecule has 0 fully saturated rings. The number of aryl methyl sites for hydroxylation is 1. The van der Waals surface area contributed by atoms with E-state index in [-0.39, 0.29) is 5.91 Å². The van der Waals surface area contributed by atoms with Crippen molar-refractivity contribution in [1.82, 2.24) is 10.1 Å². The van der Waals surface area contributed by atoms with Crippen molar-refractivity contribution in [3.8, 4) is 11.3 Å². The molecule has 0 atom stereocenters. The van der Waals surface area contributed by atoms with Crippen molar-refractivity contribution in [3.05, 3.63) is 52.7 Å². The van der Waals surface area contributed by atoms with Gasteiger partial charge < -0.3 is 4.52 Å². The molecule has 0 spiro atoms. The van der Waals surface area contributed by atoms with E-state index in [1.165, 1.54) is 11.3 Å². The van der Waals surface area contributed by atoms with E-state index in [2.05, 4.69) is 29.3 Å². The summed E-state index contributed by atoms with van der Waals surface area (Å²) in [5, 5.41) is 9.41. The van der Waals surface area contributed by atoms with Crippen LogP contribution in [0, 0.1) is 6.92 Å². The molecule has 1 amide bonds.